The zero-order chi connectivity index (χ0) is 16.9. The lowest BCUT2D eigenvalue weighted by Crippen LogP contribution is -2.41. The third-order valence-corrected chi connectivity index (χ3v) is 4.72. The van der Waals surface area contributed by atoms with Crippen molar-refractivity contribution in [2.45, 2.75) is 5.60 Å². The van der Waals surface area contributed by atoms with Gasteiger partial charge >= 0.3 is 0 Å². The molecular formula is C19H15ClN2O2. The van der Waals surface area contributed by atoms with Crippen LogP contribution in [0.3, 0.4) is 0 Å². The van der Waals surface area contributed by atoms with Crippen LogP contribution in [-0.4, -0.2) is 22.5 Å². The lowest BCUT2D eigenvalue weighted by Gasteiger charge is -2.22. The highest BCUT2D eigenvalue weighted by Gasteiger charge is 2.51. The molecule has 4 nitrogen and oxygen atoms in total. The van der Waals surface area contributed by atoms with Gasteiger partial charge in [0, 0.05) is 39.8 Å². The first-order valence-corrected chi connectivity index (χ1v) is 7.97. The molecule has 0 bridgehead atoms. The Kier molecular flexibility index (Phi) is 3.27. The number of para-hydroxylation sites is 1. The van der Waals surface area contributed by atoms with Crippen LogP contribution in [0.4, 0.5) is 5.69 Å². The standard InChI is InChI=1S/C19H15ClN2O2/c1-2-9-22-17-8-7-12(20)10-14(17)19(24,18(22)23)15-11-21-16-6-4-3-5-13(15)16/h2-8,10-11,21,24H,1,9H2. The fraction of sp³-hybridized carbons (Fsp3) is 0.105. The van der Waals surface area contributed by atoms with Crippen molar-refractivity contribution >= 4 is 34.1 Å². The molecule has 5 heteroatoms. The number of aromatic amines is 1. The zero-order valence-corrected chi connectivity index (χ0v) is 13.5. The van der Waals surface area contributed by atoms with Crippen LogP contribution in [0.2, 0.25) is 5.02 Å². The molecule has 4 rings (SSSR count). The number of aliphatic hydroxyl groups is 1. The van der Waals surface area contributed by atoms with Gasteiger partial charge in [-0.25, -0.2) is 0 Å². The summed E-state index contributed by atoms with van der Waals surface area (Å²) in [5.74, 6) is -0.399. The van der Waals surface area contributed by atoms with E-state index in [9.17, 15) is 9.90 Å². The molecule has 1 aromatic heterocycles. The third-order valence-electron chi connectivity index (χ3n) is 4.48. The fourth-order valence-corrected chi connectivity index (χ4v) is 3.57. The first kappa shape index (κ1) is 15.0. The van der Waals surface area contributed by atoms with Gasteiger partial charge in [-0.05, 0) is 24.3 Å². The molecule has 0 spiro atoms. The number of amides is 1. The number of carbonyl (C=O) groups is 1. The summed E-state index contributed by atoms with van der Waals surface area (Å²) in [6.45, 7) is 4.02. The van der Waals surface area contributed by atoms with E-state index in [0.29, 0.717) is 28.4 Å². The Morgan fingerprint density at radius 1 is 1.25 bits per heavy atom. The van der Waals surface area contributed by atoms with Crippen LogP contribution in [0.1, 0.15) is 11.1 Å². The number of H-pyrrole nitrogens is 1. The second kappa shape index (κ2) is 5.23. The van der Waals surface area contributed by atoms with Gasteiger partial charge in [-0.3, -0.25) is 4.79 Å². The molecule has 1 aliphatic rings. The zero-order valence-electron chi connectivity index (χ0n) is 12.8. The molecule has 1 unspecified atom stereocenters. The minimum atomic E-state index is -1.77. The summed E-state index contributed by atoms with van der Waals surface area (Å²) in [5, 5.41) is 12.8. The van der Waals surface area contributed by atoms with Gasteiger partial charge in [0.1, 0.15) is 0 Å². The van der Waals surface area contributed by atoms with Crippen molar-refractivity contribution in [3.05, 3.63) is 77.5 Å². The van der Waals surface area contributed by atoms with Gasteiger partial charge in [-0.2, -0.15) is 0 Å². The molecule has 0 saturated carbocycles. The van der Waals surface area contributed by atoms with Crippen molar-refractivity contribution in [3.8, 4) is 0 Å². The number of nitrogens with zero attached hydrogens (tertiary/aromatic N) is 1. The summed E-state index contributed by atoms with van der Waals surface area (Å²) in [6, 6.07) is 12.7. The quantitative estimate of drug-likeness (QED) is 0.717. The number of hydrogen-bond acceptors (Lipinski definition) is 2. The SMILES string of the molecule is C=CCN1C(=O)C(O)(c2c[nH]c3ccccc23)c2cc(Cl)ccc21. The Labute approximate surface area is 144 Å². The summed E-state index contributed by atoms with van der Waals surface area (Å²) in [6.07, 6.45) is 3.32. The Morgan fingerprint density at radius 2 is 2.04 bits per heavy atom. The minimum absolute atomic E-state index is 0.318. The summed E-state index contributed by atoms with van der Waals surface area (Å²) >= 11 is 6.13. The number of fused-ring (bicyclic) bond motifs is 2. The molecule has 1 amide bonds. The van der Waals surface area contributed by atoms with E-state index >= 15 is 0 Å². The maximum atomic E-state index is 13.1. The number of benzene rings is 2. The van der Waals surface area contributed by atoms with Gasteiger partial charge in [-0.15, -0.1) is 6.58 Å². The summed E-state index contributed by atoms with van der Waals surface area (Å²) in [5.41, 5.74) is 0.754. The van der Waals surface area contributed by atoms with E-state index in [1.165, 1.54) is 4.90 Å². The van der Waals surface area contributed by atoms with E-state index in [2.05, 4.69) is 11.6 Å². The Morgan fingerprint density at radius 3 is 2.83 bits per heavy atom. The number of carbonyl (C=O) groups excluding carboxylic acids is 1. The van der Waals surface area contributed by atoms with Crippen molar-refractivity contribution in [1.29, 1.82) is 0 Å². The summed E-state index contributed by atoms with van der Waals surface area (Å²) < 4.78 is 0. The van der Waals surface area contributed by atoms with Gasteiger partial charge < -0.3 is 15.0 Å². The second-order valence-electron chi connectivity index (χ2n) is 5.82. The molecule has 1 aliphatic heterocycles. The maximum Gasteiger partial charge on any atom is 0.268 e. The van der Waals surface area contributed by atoms with Crippen LogP contribution >= 0.6 is 11.6 Å². The van der Waals surface area contributed by atoms with Crippen molar-refractivity contribution in [1.82, 2.24) is 4.98 Å². The first-order valence-electron chi connectivity index (χ1n) is 7.59. The number of anilines is 1. The van der Waals surface area contributed by atoms with E-state index in [0.717, 1.165) is 10.9 Å². The van der Waals surface area contributed by atoms with Crippen molar-refractivity contribution in [2.75, 3.05) is 11.4 Å². The topological polar surface area (TPSA) is 56.3 Å². The molecular weight excluding hydrogens is 324 g/mol. The number of rotatable bonds is 3. The Hall–Kier alpha value is -2.56. The number of hydrogen-bond donors (Lipinski definition) is 2. The normalized spacial score (nSPS) is 19.8. The van der Waals surface area contributed by atoms with Gasteiger partial charge in [0.05, 0.1) is 5.69 Å². The largest absolute Gasteiger partial charge is 0.372 e. The molecule has 1 atom stereocenters. The van der Waals surface area contributed by atoms with E-state index < -0.39 is 11.5 Å². The molecule has 120 valence electrons. The molecule has 0 saturated heterocycles. The van der Waals surface area contributed by atoms with Gasteiger partial charge in [0.2, 0.25) is 0 Å². The highest BCUT2D eigenvalue weighted by Crippen LogP contribution is 2.47. The lowest BCUT2D eigenvalue weighted by atomic mass is 9.87. The number of aromatic nitrogens is 1. The average Bonchev–Trinajstić information content (AvgIpc) is 3.10. The molecule has 0 aliphatic carbocycles. The minimum Gasteiger partial charge on any atom is -0.372 e. The first-order chi connectivity index (χ1) is 11.6. The Balaban J connectivity index is 2.01. The lowest BCUT2D eigenvalue weighted by molar-refractivity contribution is -0.131. The maximum absolute atomic E-state index is 13.1. The van der Waals surface area contributed by atoms with Crippen molar-refractivity contribution in [2.24, 2.45) is 0 Å². The predicted octanol–water partition coefficient (Wildman–Crippen LogP) is 3.59. The van der Waals surface area contributed by atoms with Crippen LogP contribution in [0.15, 0.2) is 61.3 Å². The number of nitrogens with one attached hydrogen (secondary N) is 1. The highest BCUT2D eigenvalue weighted by atomic mass is 35.5. The van der Waals surface area contributed by atoms with E-state index in [1.54, 1.807) is 30.5 Å². The monoisotopic (exact) mass is 338 g/mol. The van der Waals surface area contributed by atoms with E-state index in [1.807, 2.05) is 24.3 Å². The fourth-order valence-electron chi connectivity index (χ4n) is 3.39. The average molecular weight is 339 g/mol. The highest BCUT2D eigenvalue weighted by molar-refractivity contribution is 6.31. The van der Waals surface area contributed by atoms with E-state index in [4.69, 9.17) is 11.6 Å². The molecule has 0 fully saturated rings. The second-order valence-corrected chi connectivity index (χ2v) is 6.26. The van der Waals surface area contributed by atoms with Crippen LogP contribution in [0.5, 0.6) is 0 Å². The molecule has 2 aromatic carbocycles. The number of halogens is 1. The van der Waals surface area contributed by atoms with Gasteiger partial charge in [-0.1, -0.05) is 35.9 Å². The molecule has 0 radical (unpaired) electrons. The van der Waals surface area contributed by atoms with Crippen LogP contribution < -0.4 is 4.90 Å². The van der Waals surface area contributed by atoms with Crippen molar-refractivity contribution < 1.29 is 9.90 Å². The van der Waals surface area contributed by atoms with E-state index in [-0.39, 0.29) is 0 Å². The molecule has 3 aromatic rings. The van der Waals surface area contributed by atoms with Crippen molar-refractivity contribution in [3.63, 3.8) is 0 Å². The van der Waals surface area contributed by atoms with Crippen LogP contribution in [0.25, 0.3) is 10.9 Å². The smallest absolute Gasteiger partial charge is 0.268 e. The summed E-state index contributed by atoms with van der Waals surface area (Å²) in [4.78, 5) is 17.7. The van der Waals surface area contributed by atoms with Gasteiger partial charge in [0.25, 0.3) is 5.91 Å². The molecule has 2 heterocycles. The third kappa shape index (κ3) is 1.87. The Bertz CT molecular complexity index is 978. The van der Waals surface area contributed by atoms with Crippen LogP contribution in [0, 0.1) is 0 Å². The van der Waals surface area contributed by atoms with Gasteiger partial charge in [0.15, 0.2) is 5.60 Å². The van der Waals surface area contributed by atoms with Crippen LogP contribution in [-0.2, 0) is 10.4 Å². The molecule has 2 N–H and O–H groups in total. The predicted molar refractivity (Wildman–Crippen MR) is 95.3 cm³/mol. The summed E-state index contributed by atoms with van der Waals surface area (Å²) in [7, 11) is 0. The molecule has 24 heavy (non-hydrogen) atoms.